The molecule has 1 aliphatic carbocycles. The Balaban J connectivity index is 1.61. The van der Waals surface area contributed by atoms with Gasteiger partial charge < -0.3 is 0 Å². The summed E-state index contributed by atoms with van der Waals surface area (Å²) in [5.41, 5.74) is 5.64. The van der Waals surface area contributed by atoms with Crippen molar-refractivity contribution in [3.05, 3.63) is 108 Å². The molecule has 0 heteroatoms. The second-order valence-electron chi connectivity index (χ2n) is 9.44. The predicted molar refractivity (Wildman–Crippen MR) is 134 cm³/mol. The van der Waals surface area contributed by atoms with Gasteiger partial charge in [0, 0.05) is 5.41 Å². The number of fused-ring (bicyclic) bond motifs is 9. The van der Waals surface area contributed by atoms with Crippen LogP contribution < -0.4 is 0 Å². The van der Waals surface area contributed by atoms with Gasteiger partial charge in [-0.3, -0.25) is 0 Å². The van der Waals surface area contributed by atoms with Crippen LogP contribution in [0.25, 0.3) is 54.2 Å². The van der Waals surface area contributed by atoms with Crippen LogP contribution in [0.2, 0.25) is 0 Å². The molecule has 0 N–H and O–H groups in total. The minimum Gasteiger partial charge on any atom is -0.0616 e. The molecule has 0 aromatic heterocycles. The first-order valence-electron chi connectivity index (χ1n) is 11.0. The van der Waals surface area contributed by atoms with Gasteiger partial charge in [0.2, 0.25) is 0 Å². The fourth-order valence-electron chi connectivity index (χ4n) is 5.84. The zero-order chi connectivity index (χ0) is 20.7. The maximum Gasteiger partial charge on any atom is 0.0165 e. The van der Waals surface area contributed by atoms with Gasteiger partial charge in [-0.1, -0.05) is 86.6 Å². The quantitative estimate of drug-likeness (QED) is 0.179. The number of rotatable bonds is 0. The highest BCUT2D eigenvalue weighted by molar-refractivity contribution is 6.11. The van der Waals surface area contributed by atoms with E-state index in [-0.39, 0.29) is 5.41 Å². The Morgan fingerprint density at radius 2 is 1.10 bits per heavy atom. The van der Waals surface area contributed by atoms with Gasteiger partial charge in [0.15, 0.2) is 0 Å². The van der Waals surface area contributed by atoms with Crippen molar-refractivity contribution in [3.8, 4) is 11.1 Å². The molecular formula is C31H22. The molecule has 6 aromatic carbocycles. The maximum absolute atomic E-state index is 2.44. The van der Waals surface area contributed by atoms with E-state index in [1.54, 1.807) is 0 Å². The molecule has 1 aliphatic rings. The molecule has 31 heavy (non-hydrogen) atoms. The fraction of sp³-hybridized carbons (Fsp3) is 0.0968. The second kappa shape index (κ2) is 5.74. The molecule has 0 nitrogen and oxygen atoms in total. The molecule has 0 aliphatic heterocycles. The van der Waals surface area contributed by atoms with E-state index in [1.165, 1.54) is 65.3 Å². The van der Waals surface area contributed by atoms with Crippen molar-refractivity contribution >= 4 is 43.1 Å². The van der Waals surface area contributed by atoms with Crippen molar-refractivity contribution in [1.29, 1.82) is 0 Å². The Kier molecular flexibility index (Phi) is 3.16. The van der Waals surface area contributed by atoms with Gasteiger partial charge in [0.1, 0.15) is 0 Å². The van der Waals surface area contributed by atoms with Crippen LogP contribution in [0.1, 0.15) is 25.0 Å². The average Bonchev–Trinajstić information content (AvgIpc) is 3.03. The largest absolute Gasteiger partial charge is 0.0616 e. The van der Waals surface area contributed by atoms with Gasteiger partial charge in [0.25, 0.3) is 0 Å². The lowest BCUT2D eigenvalue weighted by Crippen LogP contribution is -2.15. The van der Waals surface area contributed by atoms with Crippen molar-refractivity contribution < 1.29 is 0 Å². The molecule has 146 valence electrons. The fourth-order valence-corrected chi connectivity index (χ4v) is 5.84. The lowest BCUT2D eigenvalue weighted by atomic mass is 9.79. The monoisotopic (exact) mass is 394 g/mol. The third kappa shape index (κ3) is 2.20. The molecule has 0 heterocycles. The summed E-state index contributed by atoms with van der Waals surface area (Å²) in [4.78, 5) is 0. The van der Waals surface area contributed by atoms with Crippen LogP contribution in [0.15, 0.2) is 97.1 Å². The highest BCUT2D eigenvalue weighted by atomic mass is 14.4. The van der Waals surface area contributed by atoms with Crippen LogP contribution in [0, 0.1) is 0 Å². The normalized spacial score (nSPS) is 14.4. The minimum absolute atomic E-state index is 0.0352. The molecule has 6 aromatic rings. The van der Waals surface area contributed by atoms with Crippen molar-refractivity contribution in [2.75, 3.05) is 0 Å². The van der Waals surface area contributed by atoms with Crippen LogP contribution in [0.5, 0.6) is 0 Å². The standard InChI is InChI=1S/C31H22/c1-31(2)29-17-23-12-11-19-7-5-6-10-24(19)26(23)18-28(29)25-14-13-22-15-20-8-3-4-9-21(20)16-27(22)30(25)31/h3-18H,1-2H3. The Morgan fingerprint density at radius 1 is 0.452 bits per heavy atom. The predicted octanol–water partition coefficient (Wildman–Crippen LogP) is 8.61. The first-order valence-corrected chi connectivity index (χ1v) is 11.0. The molecule has 0 radical (unpaired) electrons. The molecule has 0 fully saturated rings. The van der Waals surface area contributed by atoms with E-state index >= 15 is 0 Å². The summed E-state index contributed by atoms with van der Waals surface area (Å²) in [5.74, 6) is 0. The molecule has 0 saturated carbocycles. The van der Waals surface area contributed by atoms with Gasteiger partial charge in [-0.15, -0.1) is 0 Å². The molecule has 0 unspecified atom stereocenters. The first-order chi connectivity index (χ1) is 15.1. The number of hydrogen-bond acceptors (Lipinski definition) is 0. The van der Waals surface area contributed by atoms with E-state index in [2.05, 4.69) is 111 Å². The van der Waals surface area contributed by atoms with E-state index in [9.17, 15) is 0 Å². The lowest BCUT2D eigenvalue weighted by Gasteiger charge is -2.24. The summed E-state index contributed by atoms with van der Waals surface area (Å²) in [7, 11) is 0. The minimum atomic E-state index is -0.0352. The van der Waals surface area contributed by atoms with Crippen molar-refractivity contribution in [1.82, 2.24) is 0 Å². The summed E-state index contributed by atoms with van der Waals surface area (Å²) in [6.07, 6.45) is 0. The van der Waals surface area contributed by atoms with Crippen LogP contribution in [0.3, 0.4) is 0 Å². The first kappa shape index (κ1) is 17.1. The smallest absolute Gasteiger partial charge is 0.0165 e. The molecule has 0 spiro atoms. The third-order valence-corrected chi connectivity index (χ3v) is 7.36. The summed E-state index contributed by atoms with van der Waals surface area (Å²) < 4.78 is 0. The van der Waals surface area contributed by atoms with Gasteiger partial charge in [-0.2, -0.15) is 0 Å². The Labute approximate surface area is 181 Å². The van der Waals surface area contributed by atoms with Gasteiger partial charge in [-0.25, -0.2) is 0 Å². The summed E-state index contributed by atoms with van der Waals surface area (Å²) >= 11 is 0. The molecule has 7 rings (SSSR count). The van der Waals surface area contributed by atoms with Crippen LogP contribution in [-0.4, -0.2) is 0 Å². The Bertz CT molecular complexity index is 1700. The summed E-state index contributed by atoms with van der Waals surface area (Å²) in [6, 6.07) is 36.2. The maximum atomic E-state index is 2.44. The molecule has 0 atom stereocenters. The molecule has 0 saturated heterocycles. The third-order valence-electron chi connectivity index (χ3n) is 7.36. The van der Waals surface area contributed by atoms with E-state index in [1.807, 2.05) is 0 Å². The highest BCUT2D eigenvalue weighted by Crippen LogP contribution is 2.53. The van der Waals surface area contributed by atoms with Gasteiger partial charge in [-0.05, 0) is 89.6 Å². The van der Waals surface area contributed by atoms with Gasteiger partial charge in [0.05, 0.1) is 0 Å². The summed E-state index contributed by atoms with van der Waals surface area (Å²) in [5, 5.41) is 10.6. The number of hydrogen-bond donors (Lipinski definition) is 0. The van der Waals surface area contributed by atoms with Crippen molar-refractivity contribution in [3.63, 3.8) is 0 Å². The van der Waals surface area contributed by atoms with Gasteiger partial charge >= 0.3 is 0 Å². The molecule has 0 amide bonds. The van der Waals surface area contributed by atoms with E-state index < -0.39 is 0 Å². The van der Waals surface area contributed by atoms with Crippen LogP contribution >= 0.6 is 0 Å². The molecular weight excluding hydrogens is 372 g/mol. The SMILES string of the molecule is CC1(C)c2cc3ccc4ccccc4c3cc2-c2ccc3cc4ccccc4cc3c21. The number of benzene rings is 6. The van der Waals surface area contributed by atoms with Crippen LogP contribution in [-0.2, 0) is 5.41 Å². The van der Waals surface area contributed by atoms with Crippen molar-refractivity contribution in [2.45, 2.75) is 19.3 Å². The lowest BCUT2D eigenvalue weighted by molar-refractivity contribution is 0.667. The second-order valence-corrected chi connectivity index (χ2v) is 9.44. The zero-order valence-corrected chi connectivity index (χ0v) is 17.7. The van der Waals surface area contributed by atoms with Crippen LogP contribution in [0.4, 0.5) is 0 Å². The highest BCUT2D eigenvalue weighted by Gasteiger charge is 2.37. The van der Waals surface area contributed by atoms with Crippen molar-refractivity contribution in [2.24, 2.45) is 0 Å². The summed E-state index contributed by atoms with van der Waals surface area (Å²) in [6.45, 7) is 4.78. The van der Waals surface area contributed by atoms with E-state index in [0.29, 0.717) is 0 Å². The van der Waals surface area contributed by atoms with E-state index in [0.717, 1.165) is 0 Å². The average molecular weight is 395 g/mol. The topological polar surface area (TPSA) is 0 Å². The Hall–Kier alpha value is -3.64. The Morgan fingerprint density at radius 3 is 1.94 bits per heavy atom. The van der Waals surface area contributed by atoms with E-state index in [4.69, 9.17) is 0 Å². The zero-order valence-electron chi connectivity index (χ0n) is 17.7. The molecule has 0 bridgehead atoms.